The predicted octanol–water partition coefficient (Wildman–Crippen LogP) is 2.28. The van der Waals surface area contributed by atoms with Gasteiger partial charge in [0.15, 0.2) is 0 Å². The molecule has 1 heterocycles. The number of amides is 2. The van der Waals surface area contributed by atoms with E-state index in [1.807, 2.05) is 6.07 Å². The molecule has 2 aromatic rings. The van der Waals surface area contributed by atoms with Crippen LogP contribution in [0, 0.1) is 0 Å². The van der Waals surface area contributed by atoms with E-state index in [0.717, 1.165) is 0 Å². The molecule has 8 nitrogen and oxygen atoms in total. The van der Waals surface area contributed by atoms with Crippen molar-refractivity contribution in [3.05, 3.63) is 77.5 Å². The molecule has 0 radical (unpaired) electrons. The second-order valence-corrected chi connectivity index (χ2v) is 8.39. The van der Waals surface area contributed by atoms with Crippen molar-refractivity contribution in [2.24, 2.45) is 4.99 Å². The number of hydrogen-bond acceptors (Lipinski definition) is 5. The molecule has 2 aromatic carbocycles. The maximum Gasteiger partial charge on any atom is 0.264 e. The van der Waals surface area contributed by atoms with E-state index in [1.165, 1.54) is 0 Å². The number of sulfonamides is 1. The van der Waals surface area contributed by atoms with E-state index in [0.29, 0.717) is 29.8 Å². The first-order valence-electron chi connectivity index (χ1n) is 9.36. The second-order valence-electron chi connectivity index (χ2n) is 6.67. The van der Waals surface area contributed by atoms with Gasteiger partial charge < -0.3 is 5.32 Å². The number of aliphatic imine (C=N–C) groups is 1. The highest BCUT2D eigenvalue weighted by Crippen LogP contribution is 2.20. The Balaban J connectivity index is 1.62. The van der Waals surface area contributed by atoms with Crippen molar-refractivity contribution in [1.29, 1.82) is 0 Å². The number of carbonyl (C=O) groups excluding carboxylic acids is 2. The second kappa shape index (κ2) is 9.95. The maximum atomic E-state index is 12.5. The molecule has 1 aliphatic rings. The van der Waals surface area contributed by atoms with Crippen LogP contribution in [0.1, 0.15) is 24.8 Å². The maximum absolute atomic E-state index is 12.5. The topological polar surface area (TPSA) is 117 Å². The number of anilines is 1. The minimum absolute atomic E-state index is 0.0923. The summed E-state index contributed by atoms with van der Waals surface area (Å²) in [5.41, 5.74) is 4.06. The number of para-hydroxylation sites is 1. The van der Waals surface area contributed by atoms with Gasteiger partial charge in [0.1, 0.15) is 0 Å². The van der Waals surface area contributed by atoms with E-state index in [-0.39, 0.29) is 23.7 Å². The molecule has 0 atom stereocenters. The first-order valence-corrected chi connectivity index (χ1v) is 11.0. The lowest BCUT2D eigenvalue weighted by molar-refractivity contribution is -0.118. The number of nitrogens with one attached hydrogen (secondary N) is 3. The Hall–Kier alpha value is -3.30. The molecule has 30 heavy (non-hydrogen) atoms. The van der Waals surface area contributed by atoms with Crippen LogP contribution in [0.25, 0.3) is 0 Å². The molecule has 2 amide bonds. The third kappa shape index (κ3) is 6.36. The SMILES string of the molecule is O=C(CC1=C(C(=O)NNS(=O)(=O)Cc2ccccc2)CCC=N1)Nc1ccccc1. The molecule has 0 bridgehead atoms. The Morgan fingerprint density at radius 1 is 0.967 bits per heavy atom. The van der Waals surface area contributed by atoms with Gasteiger partial charge in [-0.1, -0.05) is 48.5 Å². The van der Waals surface area contributed by atoms with Crippen LogP contribution in [-0.2, 0) is 25.4 Å². The van der Waals surface area contributed by atoms with Crippen LogP contribution in [0.15, 0.2) is 76.9 Å². The third-order valence-electron chi connectivity index (χ3n) is 4.30. The van der Waals surface area contributed by atoms with Gasteiger partial charge in [0.25, 0.3) is 5.91 Å². The summed E-state index contributed by atoms with van der Waals surface area (Å²) in [5.74, 6) is -1.20. The molecule has 0 saturated heterocycles. The number of nitrogens with zero attached hydrogens (tertiary/aromatic N) is 1. The Labute approximate surface area is 175 Å². The number of benzene rings is 2. The number of hydrazine groups is 1. The zero-order valence-electron chi connectivity index (χ0n) is 16.2. The summed E-state index contributed by atoms with van der Waals surface area (Å²) < 4.78 is 24.4. The van der Waals surface area contributed by atoms with Crippen molar-refractivity contribution in [3.8, 4) is 0 Å². The summed E-state index contributed by atoms with van der Waals surface area (Å²) >= 11 is 0. The van der Waals surface area contributed by atoms with E-state index in [1.54, 1.807) is 60.8 Å². The van der Waals surface area contributed by atoms with Crippen molar-refractivity contribution in [1.82, 2.24) is 10.3 Å². The van der Waals surface area contributed by atoms with Crippen LogP contribution < -0.4 is 15.6 Å². The zero-order chi connectivity index (χ0) is 21.4. The summed E-state index contributed by atoms with van der Waals surface area (Å²) in [6, 6.07) is 17.6. The molecule has 0 aliphatic carbocycles. The van der Waals surface area contributed by atoms with Gasteiger partial charge in [0.05, 0.1) is 17.9 Å². The molecule has 1 aliphatic heterocycles. The van der Waals surface area contributed by atoms with Gasteiger partial charge in [-0.25, -0.2) is 8.42 Å². The monoisotopic (exact) mass is 426 g/mol. The fourth-order valence-corrected chi connectivity index (χ4v) is 3.86. The van der Waals surface area contributed by atoms with Crippen LogP contribution in [0.5, 0.6) is 0 Å². The van der Waals surface area contributed by atoms with Gasteiger partial charge in [-0.2, -0.15) is 0 Å². The van der Waals surface area contributed by atoms with Crippen LogP contribution in [-0.4, -0.2) is 26.4 Å². The predicted molar refractivity (Wildman–Crippen MR) is 115 cm³/mol. The van der Waals surface area contributed by atoms with Crippen LogP contribution in [0.3, 0.4) is 0 Å². The van der Waals surface area contributed by atoms with Crippen LogP contribution in [0.4, 0.5) is 5.69 Å². The van der Waals surface area contributed by atoms with Crippen molar-refractivity contribution in [3.63, 3.8) is 0 Å². The summed E-state index contributed by atoms with van der Waals surface area (Å²) in [7, 11) is -3.77. The molecular formula is C21H22N4O4S. The Kier molecular flexibility index (Phi) is 7.10. The quantitative estimate of drug-likeness (QED) is 0.562. The lowest BCUT2D eigenvalue weighted by Crippen LogP contribution is -2.43. The normalized spacial score (nSPS) is 13.7. The summed E-state index contributed by atoms with van der Waals surface area (Å²) in [6.07, 6.45) is 2.44. The van der Waals surface area contributed by atoms with Gasteiger partial charge in [-0.3, -0.25) is 20.0 Å². The molecule has 156 valence electrons. The number of hydrogen-bond donors (Lipinski definition) is 3. The zero-order valence-corrected chi connectivity index (χ0v) is 17.0. The van der Waals surface area contributed by atoms with Gasteiger partial charge in [0, 0.05) is 17.5 Å². The van der Waals surface area contributed by atoms with Gasteiger partial charge in [-0.15, -0.1) is 4.83 Å². The Morgan fingerprint density at radius 2 is 1.63 bits per heavy atom. The van der Waals surface area contributed by atoms with Gasteiger partial charge >= 0.3 is 0 Å². The lowest BCUT2D eigenvalue weighted by Gasteiger charge is -2.16. The van der Waals surface area contributed by atoms with E-state index >= 15 is 0 Å². The Bertz CT molecular complexity index is 1060. The van der Waals surface area contributed by atoms with Crippen molar-refractivity contribution in [2.75, 3.05) is 5.32 Å². The van der Waals surface area contributed by atoms with Crippen molar-refractivity contribution in [2.45, 2.75) is 25.0 Å². The fourth-order valence-electron chi connectivity index (χ4n) is 2.91. The molecule has 0 fully saturated rings. The molecule has 3 rings (SSSR count). The van der Waals surface area contributed by atoms with Gasteiger partial charge in [-0.05, 0) is 30.5 Å². The molecule has 0 unspecified atom stereocenters. The van der Waals surface area contributed by atoms with E-state index < -0.39 is 15.9 Å². The minimum Gasteiger partial charge on any atom is -0.326 e. The summed E-state index contributed by atoms with van der Waals surface area (Å²) in [5, 5.41) is 2.74. The molecular weight excluding hydrogens is 404 g/mol. The van der Waals surface area contributed by atoms with E-state index in [4.69, 9.17) is 0 Å². The molecule has 3 N–H and O–H groups in total. The highest BCUT2D eigenvalue weighted by atomic mass is 32.2. The third-order valence-corrected chi connectivity index (χ3v) is 5.42. The lowest BCUT2D eigenvalue weighted by atomic mass is 10.0. The molecule has 0 saturated carbocycles. The largest absolute Gasteiger partial charge is 0.326 e. The van der Waals surface area contributed by atoms with E-state index in [9.17, 15) is 18.0 Å². The average molecular weight is 426 g/mol. The van der Waals surface area contributed by atoms with Gasteiger partial charge in [0.2, 0.25) is 15.9 Å². The highest BCUT2D eigenvalue weighted by molar-refractivity contribution is 7.88. The standard InChI is InChI=1S/C21H22N4O4S/c26-20(23-17-10-5-2-6-11-17)14-19-18(12-7-13-22-19)21(27)24-25-30(28,29)15-16-8-3-1-4-9-16/h1-6,8-11,13,25H,7,12,14-15H2,(H,23,26)(H,24,27). The first kappa shape index (κ1) is 21.4. The number of rotatable bonds is 8. The smallest absolute Gasteiger partial charge is 0.264 e. The molecule has 9 heteroatoms. The number of carbonyl (C=O) groups is 2. The molecule has 0 aromatic heterocycles. The summed E-state index contributed by atoms with van der Waals surface area (Å²) in [6.45, 7) is 0. The van der Waals surface area contributed by atoms with Crippen LogP contribution >= 0.6 is 0 Å². The first-order chi connectivity index (χ1) is 14.4. The van der Waals surface area contributed by atoms with Crippen LogP contribution in [0.2, 0.25) is 0 Å². The van der Waals surface area contributed by atoms with E-state index in [2.05, 4.69) is 20.6 Å². The fraction of sp³-hybridized carbons (Fsp3) is 0.190. The molecule has 0 spiro atoms. The highest BCUT2D eigenvalue weighted by Gasteiger charge is 2.21. The minimum atomic E-state index is -3.77. The summed E-state index contributed by atoms with van der Waals surface area (Å²) in [4.78, 5) is 31.1. The van der Waals surface area contributed by atoms with Crippen molar-refractivity contribution >= 4 is 33.7 Å². The van der Waals surface area contributed by atoms with Crippen molar-refractivity contribution < 1.29 is 18.0 Å². The Morgan fingerprint density at radius 3 is 2.33 bits per heavy atom. The average Bonchev–Trinajstić information content (AvgIpc) is 2.73.